The molecule has 0 aliphatic heterocycles. The van der Waals surface area contributed by atoms with Gasteiger partial charge < -0.3 is 4.57 Å². The van der Waals surface area contributed by atoms with Gasteiger partial charge in [-0.15, -0.1) is 0 Å². The number of aryl methyl sites for hydroxylation is 1. The van der Waals surface area contributed by atoms with Crippen LogP contribution in [0.3, 0.4) is 0 Å². The van der Waals surface area contributed by atoms with E-state index in [1.54, 1.807) is 11.6 Å². The molecule has 0 aliphatic rings. The summed E-state index contributed by atoms with van der Waals surface area (Å²) in [6.45, 7) is 0. The average molecular weight is 286 g/mol. The van der Waals surface area contributed by atoms with Gasteiger partial charge in [0.2, 0.25) is 0 Å². The van der Waals surface area contributed by atoms with Gasteiger partial charge in [0.15, 0.2) is 0 Å². The fourth-order valence-corrected chi connectivity index (χ4v) is 2.82. The Kier molecular flexibility index (Phi) is 2.79. The lowest BCUT2D eigenvalue weighted by atomic mass is 10.1. The zero-order valence-electron chi connectivity index (χ0n) is 12.2. The van der Waals surface area contributed by atoms with Crippen molar-refractivity contribution in [3.63, 3.8) is 0 Å². The lowest BCUT2D eigenvalue weighted by Gasteiger charge is -2.09. The molecule has 22 heavy (non-hydrogen) atoms. The third kappa shape index (κ3) is 1.91. The van der Waals surface area contributed by atoms with Crippen molar-refractivity contribution in [3.05, 3.63) is 77.1 Å². The number of benzene rings is 2. The highest BCUT2D eigenvalue weighted by Crippen LogP contribution is 2.21. The van der Waals surface area contributed by atoms with E-state index < -0.39 is 0 Å². The third-order valence-corrected chi connectivity index (χ3v) is 4.01. The van der Waals surface area contributed by atoms with E-state index >= 15 is 0 Å². The summed E-state index contributed by atoms with van der Waals surface area (Å²) in [4.78, 5) is 17.3. The second-order valence-corrected chi connectivity index (χ2v) is 5.37. The first kappa shape index (κ1) is 12.8. The molecule has 2 aromatic carbocycles. The van der Waals surface area contributed by atoms with Crippen LogP contribution in [0.4, 0.5) is 0 Å². The first-order valence-electron chi connectivity index (χ1n) is 7.19. The molecule has 0 saturated heterocycles. The minimum Gasteiger partial charge on any atom is -0.311 e. The lowest BCUT2D eigenvalue weighted by Crippen LogP contribution is -2.19. The molecule has 0 aliphatic carbocycles. The van der Waals surface area contributed by atoms with Crippen molar-refractivity contribution < 1.29 is 0 Å². The molecule has 0 N–H and O–H groups in total. The van der Waals surface area contributed by atoms with Crippen LogP contribution in [0.25, 0.3) is 33.1 Å². The molecule has 4 rings (SSSR count). The molecule has 0 atom stereocenters. The Bertz CT molecular complexity index is 1060. The number of pyridine rings is 2. The summed E-state index contributed by atoms with van der Waals surface area (Å²) in [7, 11) is 1.80. The van der Waals surface area contributed by atoms with E-state index in [1.807, 2.05) is 66.7 Å². The van der Waals surface area contributed by atoms with Crippen molar-refractivity contribution >= 4 is 21.8 Å². The SMILES string of the molecule is Cn1c(=O)c(-c2ccc3ccccc3n2)cc2ccccc21. The van der Waals surface area contributed by atoms with Crippen LogP contribution in [0.1, 0.15) is 0 Å². The van der Waals surface area contributed by atoms with Crippen molar-refractivity contribution in [2.45, 2.75) is 0 Å². The predicted octanol–water partition coefficient (Wildman–Crippen LogP) is 3.75. The molecule has 106 valence electrons. The minimum absolute atomic E-state index is 0.0264. The average Bonchev–Trinajstić information content (AvgIpc) is 2.58. The number of rotatable bonds is 1. The molecule has 2 aromatic heterocycles. The number of nitrogens with zero attached hydrogens (tertiary/aromatic N) is 2. The topological polar surface area (TPSA) is 34.9 Å². The molecule has 0 saturated carbocycles. The highest BCUT2D eigenvalue weighted by molar-refractivity contribution is 5.85. The molecule has 0 fully saturated rings. The molecular formula is C19H14N2O. The number of hydrogen-bond donors (Lipinski definition) is 0. The van der Waals surface area contributed by atoms with Gasteiger partial charge in [0.1, 0.15) is 0 Å². The summed E-state index contributed by atoms with van der Waals surface area (Å²) >= 11 is 0. The van der Waals surface area contributed by atoms with Gasteiger partial charge >= 0.3 is 0 Å². The van der Waals surface area contributed by atoms with Crippen LogP contribution in [-0.2, 0) is 7.05 Å². The molecule has 0 unspecified atom stereocenters. The van der Waals surface area contributed by atoms with Crippen LogP contribution in [0.5, 0.6) is 0 Å². The van der Waals surface area contributed by atoms with Gasteiger partial charge in [0.25, 0.3) is 5.56 Å². The van der Waals surface area contributed by atoms with Crippen LogP contribution in [0, 0.1) is 0 Å². The Labute approximate surface area is 127 Å². The smallest absolute Gasteiger partial charge is 0.260 e. The van der Waals surface area contributed by atoms with Crippen LogP contribution in [-0.4, -0.2) is 9.55 Å². The van der Waals surface area contributed by atoms with E-state index in [9.17, 15) is 4.79 Å². The molecular weight excluding hydrogens is 272 g/mol. The number of aromatic nitrogens is 2. The number of fused-ring (bicyclic) bond motifs is 2. The van der Waals surface area contributed by atoms with Gasteiger partial charge in [0, 0.05) is 12.4 Å². The van der Waals surface area contributed by atoms with E-state index in [-0.39, 0.29) is 5.56 Å². The Morgan fingerprint density at radius 3 is 2.45 bits per heavy atom. The fourth-order valence-electron chi connectivity index (χ4n) is 2.82. The molecule has 0 bridgehead atoms. The van der Waals surface area contributed by atoms with Crippen molar-refractivity contribution in [2.75, 3.05) is 0 Å². The highest BCUT2D eigenvalue weighted by atomic mass is 16.1. The molecule has 4 aromatic rings. The normalized spacial score (nSPS) is 11.1. The predicted molar refractivity (Wildman–Crippen MR) is 89.9 cm³/mol. The van der Waals surface area contributed by atoms with Gasteiger partial charge in [-0.2, -0.15) is 0 Å². The van der Waals surface area contributed by atoms with E-state index in [4.69, 9.17) is 0 Å². The van der Waals surface area contributed by atoms with Gasteiger partial charge in [-0.1, -0.05) is 42.5 Å². The fraction of sp³-hybridized carbons (Fsp3) is 0.0526. The first-order valence-corrected chi connectivity index (χ1v) is 7.19. The van der Waals surface area contributed by atoms with E-state index in [2.05, 4.69) is 4.98 Å². The Morgan fingerprint density at radius 1 is 0.864 bits per heavy atom. The second kappa shape index (κ2) is 4.81. The number of para-hydroxylation sites is 2. The highest BCUT2D eigenvalue weighted by Gasteiger charge is 2.10. The summed E-state index contributed by atoms with van der Waals surface area (Å²) in [6, 6.07) is 21.6. The van der Waals surface area contributed by atoms with E-state index in [0.717, 1.165) is 21.8 Å². The molecule has 3 heteroatoms. The first-order chi connectivity index (χ1) is 10.7. The van der Waals surface area contributed by atoms with Gasteiger partial charge in [-0.05, 0) is 29.7 Å². The second-order valence-electron chi connectivity index (χ2n) is 5.37. The Morgan fingerprint density at radius 2 is 1.59 bits per heavy atom. The third-order valence-electron chi connectivity index (χ3n) is 4.01. The van der Waals surface area contributed by atoms with E-state index in [1.165, 1.54) is 0 Å². The standard InChI is InChI=1S/C19H14N2O/c1-21-18-9-5-3-7-14(18)12-15(19(21)22)17-11-10-13-6-2-4-8-16(13)20-17/h2-12H,1H3. The van der Waals surface area contributed by atoms with Crippen LogP contribution >= 0.6 is 0 Å². The quantitative estimate of drug-likeness (QED) is 0.534. The Balaban J connectivity index is 2.03. The summed E-state index contributed by atoms with van der Waals surface area (Å²) < 4.78 is 1.68. The van der Waals surface area contributed by atoms with Crippen LogP contribution in [0.15, 0.2) is 71.5 Å². The zero-order chi connectivity index (χ0) is 15.1. The van der Waals surface area contributed by atoms with Crippen molar-refractivity contribution in [2.24, 2.45) is 7.05 Å². The van der Waals surface area contributed by atoms with Crippen molar-refractivity contribution in [1.29, 1.82) is 0 Å². The van der Waals surface area contributed by atoms with Crippen molar-refractivity contribution in [1.82, 2.24) is 9.55 Å². The molecule has 0 amide bonds. The summed E-state index contributed by atoms with van der Waals surface area (Å²) in [5, 5.41) is 2.11. The zero-order valence-corrected chi connectivity index (χ0v) is 12.2. The van der Waals surface area contributed by atoms with Crippen LogP contribution < -0.4 is 5.56 Å². The molecule has 2 heterocycles. The maximum absolute atomic E-state index is 12.6. The van der Waals surface area contributed by atoms with E-state index in [0.29, 0.717) is 11.3 Å². The molecule has 3 nitrogen and oxygen atoms in total. The maximum atomic E-state index is 12.6. The maximum Gasteiger partial charge on any atom is 0.260 e. The van der Waals surface area contributed by atoms with Crippen molar-refractivity contribution in [3.8, 4) is 11.3 Å². The Hall–Kier alpha value is -2.94. The van der Waals surface area contributed by atoms with Crippen LogP contribution in [0.2, 0.25) is 0 Å². The largest absolute Gasteiger partial charge is 0.311 e. The molecule has 0 spiro atoms. The summed E-state index contributed by atoms with van der Waals surface area (Å²) in [5.74, 6) is 0. The summed E-state index contributed by atoms with van der Waals surface area (Å²) in [5.41, 5.74) is 3.14. The summed E-state index contributed by atoms with van der Waals surface area (Å²) in [6.07, 6.45) is 0. The van der Waals surface area contributed by atoms with Gasteiger partial charge in [0.05, 0.1) is 22.3 Å². The lowest BCUT2D eigenvalue weighted by molar-refractivity contribution is 0.907. The monoisotopic (exact) mass is 286 g/mol. The van der Waals surface area contributed by atoms with Gasteiger partial charge in [-0.25, -0.2) is 4.98 Å². The molecule has 0 radical (unpaired) electrons. The van der Waals surface area contributed by atoms with Gasteiger partial charge in [-0.3, -0.25) is 4.79 Å². The minimum atomic E-state index is -0.0264. The number of hydrogen-bond acceptors (Lipinski definition) is 2.